The van der Waals surface area contributed by atoms with Crippen molar-refractivity contribution in [2.45, 2.75) is 30.7 Å². The quantitative estimate of drug-likeness (QED) is 0.291. The Balaban J connectivity index is 1.27. The summed E-state index contributed by atoms with van der Waals surface area (Å²) in [7, 11) is 0. The molecule has 2 aromatic rings. The van der Waals surface area contributed by atoms with Gasteiger partial charge in [0.1, 0.15) is 24.5 Å². The molecule has 3 saturated heterocycles. The molecule has 3 N–H and O–H groups in total. The van der Waals surface area contributed by atoms with Gasteiger partial charge in [-0.15, -0.1) is 0 Å². The van der Waals surface area contributed by atoms with E-state index in [-0.39, 0.29) is 25.9 Å². The molecule has 214 valence electrons. The first-order valence-electron chi connectivity index (χ1n) is 12.4. The van der Waals surface area contributed by atoms with Crippen LogP contribution in [0.25, 0.3) is 0 Å². The lowest BCUT2D eigenvalue weighted by Crippen LogP contribution is -2.57. The highest BCUT2D eigenvalue weighted by Gasteiger charge is 2.59. The number of nitrogens with zero attached hydrogens (tertiary/aromatic N) is 4. The van der Waals surface area contributed by atoms with Gasteiger partial charge in [0.25, 0.3) is 5.91 Å². The lowest BCUT2D eigenvalue weighted by atomic mass is 10.1. The molecule has 1 unspecified atom stereocenters. The second kappa shape index (κ2) is 11.1. The number of carbonyl (C=O) groups excluding carboxylic acids is 5. The van der Waals surface area contributed by atoms with Crippen LogP contribution in [0, 0.1) is 0 Å². The summed E-state index contributed by atoms with van der Waals surface area (Å²) >= 11 is 0. The van der Waals surface area contributed by atoms with Crippen LogP contribution < -0.4 is 10.6 Å². The summed E-state index contributed by atoms with van der Waals surface area (Å²) in [6.07, 6.45) is 2.20. The molecule has 0 saturated carbocycles. The first-order chi connectivity index (χ1) is 19.7. The fourth-order valence-electron chi connectivity index (χ4n) is 4.47. The van der Waals surface area contributed by atoms with Crippen molar-refractivity contribution in [3.05, 3.63) is 60.1 Å². The minimum absolute atomic E-state index is 0.0107. The van der Waals surface area contributed by atoms with Crippen molar-refractivity contribution in [3.63, 3.8) is 0 Å². The average Bonchev–Trinajstić information content (AvgIpc) is 3.76. The SMILES string of the molecule is O=C1CCC(C(=O)O)(N2OC[C@H](NC(=O)[C@H](NC(=O)N3CCN(N=Cc4ccco4)C3=O)c3ccccc3)C2=O)O1. The topological polar surface area (TPSA) is 200 Å². The Morgan fingerprint density at radius 1 is 1.10 bits per heavy atom. The predicted octanol–water partition coefficient (Wildman–Crippen LogP) is 0.179. The van der Waals surface area contributed by atoms with Crippen molar-refractivity contribution in [1.82, 2.24) is 25.6 Å². The van der Waals surface area contributed by atoms with Gasteiger partial charge in [-0.1, -0.05) is 30.3 Å². The molecule has 0 radical (unpaired) electrons. The Hall–Kier alpha value is -5.25. The summed E-state index contributed by atoms with van der Waals surface area (Å²) in [5, 5.41) is 20.2. The van der Waals surface area contributed by atoms with Crippen LogP contribution in [0.3, 0.4) is 0 Å². The van der Waals surface area contributed by atoms with E-state index in [1.54, 1.807) is 42.5 Å². The van der Waals surface area contributed by atoms with Gasteiger partial charge in [0.05, 0.1) is 32.0 Å². The number of esters is 1. The van der Waals surface area contributed by atoms with Crippen LogP contribution in [-0.2, 0) is 28.8 Å². The number of carboxylic acids is 1. The number of ether oxygens (including phenoxy) is 1. The molecule has 5 rings (SSSR count). The van der Waals surface area contributed by atoms with Crippen LogP contribution in [0.15, 0.2) is 58.2 Å². The molecule has 3 fully saturated rings. The van der Waals surface area contributed by atoms with Crippen LogP contribution in [0.1, 0.15) is 30.2 Å². The van der Waals surface area contributed by atoms with Crippen molar-refractivity contribution >= 4 is 42.0 Å². The molecule has 6 amide bonds. The van der Waals surface area contributed by atoms with Gasteiger partial charge in [-0.05, 0) is 17.7 Å². The number of hydrogen-bond acceptors (Lipinski definition) is 10. The van der Waals surface area contributed by atoms with E-state index in [0.29, 0.717) is 16.4 Å². The lowest BCUT2D eigenvalue weighted by molar-refractivity contribution is -0.256. The number of nitrogens with one attached hydrogen (secondary N) is 2. The van der Waals surface area contributed by atoms with Crippen LogP contribution in [0.4, 0.5) is 9.59 Å². The molecule has 1 aromatic heterocycles. The Morgan fingerprint density at radius 2 is 1.88 bits per heavy atom. The monoisotopic (exact) mass is 568 g/mol. The molecule has 3 aliphatic rings. The van der Waals surface area contributed by atoms with Crippen molar-refractivity contribution < 1.29 is 47.9 Å². The van der Waals surface area contributed by atoms with Crippen LogP contribution in [-0.4, -0.2) is 93.6 Å². The highest BCUT2D eigenvalue weighted by molar-refractivity contribution is 5.99. The number of imide groups is 1. The molecule has 0 aliphatic carbocycles. The van der Waals surface area contributed by atoms with Crippen LogP contribution in [0.2, 0.25) is 0 Å². The summed E-state index contributed by atoms with van der Waals surface area (Å²) in [5.74, 6) is -3.79. The number of hydrazone groups is 1. The maximum Gasteiger partial charge on any atom is 0.372 e. The van der Waals surface area contributed by atoms with Crippen molar-refractivity contribution in [2.24, 2.45) is 5.10 Å². The summed E-state index contributed by atoms with van der Waals surface area (Å²) in [5.41, 5.74) is -2.00. The number of carboxylic acid groups (broad SMARTS) is 1. The van der Waals surface area contributed by atoms with Crippen molar-refractivity contribution in [2.75, 3.05) is 19.7 Å². The van der Waals surface area contributed by atoms with E-state index in [1.165, 1.54) is 12.5 Å². The Bertz CT molecular complexity index is 1400. The molecule has 3 atom stereocenters. The lowest BCUT2D eigenvalue weighted by Gasteiger charge is -2.30. The second-order valence-corrected chi connectivity index (χ2v) is 9.16. The van der Waals surface area contributed by atoms with Gasteiger partial charge in [-0.25, -0.2) is 24.3 Å². The van der Waals surface area contributed by atoms with Crippen LogP contribution >= 0.6 is 0 Å². The van der Waals surface area contributed by atoms with Gasteiger partial charge >= 0.3 is 29.7 Å². The maximum absolute atomic E-state index is 13.4. The molecular weight excluding hydrogens is 544 g/mol. The van der Waals surface area contributed by atoms with Gasteiger partial charge in [0.2, 0.25) is 5.91 Å². The number of cyclic esters (lactones) is 1. The highest BCUT2D eigenvalue weighted by atomic mass is 16.7. The van der Waals surface area contributed by atoms with Gasteiger partial charge in [-0.2, -0.15) is 10.2 Å². The second-order valence-electron chi connectivity index (χ2n) is 9.16. The third-order valence-corrected chi connectivity index (χ3v) is 6.56. The Morgan fingerprint density at radius 3 is 2.54 bits per heavy atom. The Labute approximate surface area is 231 Å². The van der Waals surface area contributed by atoms with E-state index in [9.17, 15) is 33.9 Å². The molecule has 16 nitrogen and oxygen atoms in total. The number of benzene rings is 1. The van der Waals surface area contributed by atoms with E-state index in [1.807, 2.05) is 0 Å². The van der Waals surface area contributed by atoms with E-state index < -0.39 is 60.2 Å². The minimum Gasteiger partial charge on any atom is -0.477 e. The fraction of sp³-hybridized carbons (Fsp3) is 0.320. The number of urea groups is 2. The molecule has 41 heavy (non-hydrogen) atoms. The molecular formula is C25H24N6O10. The smallest absolute Gasteiger partial charge is 0.372 e. The summed E-state index contributed by atoms with van der Waals surface area (Å²) in [6, 6.07) is 7.06. The normalized spacial score (nSPS) is 23.3. The number of rotatable bonds is 8. The van der Waals surface area contributed by atoms with E-state index in [2.05, 4.69) is 15.7 Å². The number of aliphatic carboxylic acids is 1. The zero-order valence-electron chi connectivity index (χ0n) is 21.3. The molecule has 0 spiro atoms. The van der Waals surface area contributed by atoms with Gasteiger partial charge in [-0.3, -0.25) is 19.2 Å². The molecule has 1 aromatic carbocycles. The van der Waals surface area contributed by atoms with E-state index >= 15 is 0 Å². The molecule has 16 heteroatoms. The third kappa shape index (κ3) is 5.31. The first-order valence-corrected chi connectivity index (χ1v) is 12.4. The highest BCUT2D eigenvalue weighted by Crippen LogP contribution is 2.34. The summed E-state index contributed by atoms with van der Waals surface area (Å²) in [4.78, 5) is 81.9. The van der Waals surface area contributed by atoms with E-state index in [0.717, 1.165) is 9.91 Å². The first kappa shape index (κ1) is 27.3. The predicted molar refractivity (Wildman–Crippen MR) is 133 cm³/mol. The number of carbonyl (C=O) groups is 6. The minimum atomic E-state index is -2.35. The number of furan rings is 1. The average molecular weight is 568 g/mol. The molecule has 4 heterocycles. The van der Waals surface area contributed by atoms with Gasteiger partial charge in [0, 0.05) is 6.42 Å². The number of hydrogen-bond donors (Lipinski definition) is 3. The third-order valence-electron chi connectivity index (χ3n) is 6.56. The zero-order chi connectivity index (χ0) is 29.1. The molecule has 3 aliphatic heterocycles. The standard InChI is InChI=1S/C25H24N6O10/c32-18-8-9-25(41-18,22(35)36)31-21(34)17(14-40-31)27-20(33)19(15-5-2-1-3-6-15)28-23(37)29-10-11-30(24(29)38)26-13-16-7-4-12-39-16/h1-7,12-13,17,19H,8-11,14H2,(H,27,33)(H,28,37)(H,35,36)/t17-,19+,25?/m0/s1. The van der Waals surface area contributed by atoms with E-state index in [4.69, 9.17) is 14.0 Å². The van der Waals surface area contributed by atoms with Gasteiger partial charge < -0.3 is 24.9 Å². The maximum atomic E-state index is 13.4. The van der Waals surface area contributed by atoms with Crippen molar-refractivity contribution in [3.8, 4) is 0 Å². The number of amides is 6. The summed E-state index contributed by atoms with van der Waals surface area (Å²) < 4.78 is 10.1. The van der Waals surface area contributed by atoms with Gasteiger partial charge in [0.15, 0.2) is 0 Å². The molecule has 0 bridgehead atoms. The van der Waals surface area contributed by atoms with Crippen LogP contribution in [0.5, 0.6) is 0 Å². The zero-order valence-corrected chi connectivity index (χ0v) is 21.3. The number of hydroxylamine groups is 2. The fourth-order valence-corrected chi connectivity index (χ4v) is 4.47. The van der Waals surface area contributed by atoms with Crippen molar-refractivity contribution in [1.29, 1.82) is 0 Å². The summed E-state index contributed by atoms with van der Waals surface area (Å²) in [6.45, 7) is -0.353. The Kier molecular flexibility index (Phi) is 7.39. The largest absolute Gasteiger partial charge is 0.477 e.